The van der Waals surface area contributed by atoms with E-state index in [2.05, 4.69) is 41.3 Å². The second kappa shape index (κ2) is 6.30. The predicted molar refractivity (Wildman–Crippen MR) is 82.3 cm³/mol. The Kier molecular flexibility index (Phi) is 4.22. The third-order valence-electron chi connectivity index (χ3n) is 4.17. The van der Waals surface area contributed by atoms with Crippen LogP contribution in [0, 0.1) is 0 Å². The first-order valence-corrected chi connectivity index (χ1v) is 7.87. The summed E-state index contributed by atoms with van der Waals surface area (Å²) < 4.78 is 5.28. The van der Waals surface area contributed by atoms with E-state index in [0.29, 0.717) is 31.2 Å². The number of carbonyl (C=O) groups is 1. The van der Waals surface area contributed by atoms with Crippen molar-refractivity contribution in [2.45, 2.75) is 45.6 Å². The van der Waals surface area contributed by atoms with Crippen molar-refractivity contribution in [1.29, 1.82) is 0 Å². The molecule has 0 N–H and O–H groups in total. The molecule has 0 radical (unpaired) electrons. The third kappa shape index (κ3) is 3.03. The molecule has 0 bridgehead atoms. The van der Waals surface area contributed by atoms with E-state index in [-0.39, 0.29) is 11.8 Å². The van der Waals surface area contributed by atoms with Gasteiger partial charge in [-0.15, -0.1) is 0 Å². The lowest BCUT2D eigenvalue weighted by Gasteiger charge is -2.16. The molecule has 1 saturated heterocycles. The number of hydrogen-bond acceptors (Lipinski definition) is 4. The molecule has 22 heavy (non-hydrogen) atoms. The molecule has 2 aromatic rings. The first kappa shape index (κ1) is 14.8. The highest BCUT2D eigenvalue weighted by molar-refractivity contribution is 5.79. The zero-order valence-electron chi connectivity index (χ0n) is 13.1. The van der Waals surface area contributed by atoms with E-state index in [1.165, 1.54) is 5.56 Å². The molecule has 0 saturated carbocycles. The Labute approximate surface area is 130 Å². The van der Waals surface area contributed by atoms with Gasteiger partial charge in [0.15, 0.2) is 5.82 Å². The highest BCUT2D eigenvalue weighted by atomic mass is 16.5. The third-order valence-corrected chi connectivity index (χ3v) is 4.17. The van der Waals surface area contributed by atoms with E-state index >= 15 is 0 Å². The Morgan fingerprint density at radius 3 is 2.55 bits per heavy atom. The summed E-state index contributed by atoms with van der Waals surface area (Å²) in [4.78, 5) is 18.4. The van der Waals surface area contributed by atoms with Crippen LogP contribution >= 0.6 is 0 Å². The minimum atomic E-state index is 0.0233. The maximum atomic E-state index is 12.2. The Morgan fingerprint density at radius 2 is 1.91 bits per heavy atom. The largest absolute Gasteiger partial charge is 0.339 e. The van der Waals surface area contributed by atoms with E-state index in [1.807, 2.05) is 11.8 Å². The number of nitrogens with zero attached hydrogens (tertiary/aromatic N) is 3. The van der Waals surface area contributed by atoms with Gasteiger partial charge in [-0.2, -0.15) is 4.98 Å². The average molecular weight is 299 g/mol. The molecule has 0 aliphatic carbocycles. The Bertz CT molecular complexity index is 648. The van der Waals surface area contributed by atoms with Gasteiger partial charge in [0.25, 0.3) is 0 Å². The van der Waals surface area contributed by atoms with Gasteiger partial charge < -0.3 is 9.42 Å². The quantitative estimate of drug-likeness (QED) is 0.851. The van der Waals surface area contributed by atoms with Crippen molar-refractivity contribution in [2.75, 3.05) is 6.54 Å². The van der Waals surface area contributed by atoms with Crippen LogP contribution in [0.3, 0.4) is 0 Å². The topological polar surface area (TPSA) is 59.2 Å². The van der Waals surface area contributed by atoms with Gasteiger partial charge in [-0.05, 0) is 17.5 Å². The monoisotopic (exact) mass is 299 g/mol. The van der Waals surface area contributed by atoms with Crippen LogP contribution in [0.25, 0.3) is 0 Å². The molecular formula is C17H21N3O2. The van der Waals surface area contributed by atoms with Crippen LogP contribution in [0.5, 0.6) is 0 Å². The van der Waals surface area contributed by atoms with Crippen molar-refractivity contribution < 1.29 is 9.32 Å². The van der Waals surface area contributed by atoms with Crippen molar-refractivity contribution in [3.8, 4) is 0 Å². The number of benzene rings is 1. The van der Waals surface area contributed by atoms with Crippen molar-refractivity contribution >= 4 is 5.91 Å². The van der Waals surface area contributed by atoms with Crippen molar-refractivity contribution in [3.05, 3.63) is 47.1 Å². The van der Waals surface area contributed by atoms with Crippen LogP contribution in [0.2, 0.25) is 0 Å². The Hall–Kier alpha value is -2.17. The van der Waals surface area contributed by atoms with Crippen molar-refractivity contribution in [2.24, 2.45) is 0 Å². The molecule has 5 nitrogen and oxygen atoms in total. The van der Waals surface area contributed by atoms with Gasteiger partial charge in [-0.1, -0.05) is 43.3 Å². The van der Waals surface area contributed by atoms with Gasteiger partial charge in [-0.3, -0.25) is 4.79 Å². The second-order valence-corrected chi connectivity index (χ2v) is 5.75. The first-order valence-electron chi connectivity index (χ1n) is 7.87. The molecule has 1 amide bonds. The van der Waals surface area contributed by atoms with E-state index in [0.717, 1.165) is 18.4 Å². The summed E-state index contributed by atoms with van der Waals surface area (Å²) in [7, 11) is 0. The average Bonchev–Trinajstić information content (AvgIpc) is 3.15. The van der Waals surface area contributed by atoms with Crippen LogP contribution in [-0.4, -0.2) is 27.5 Å². The smallest absolute Gasteiger partial charge is 0.232 e. The molecule has 1 fully saturated rings. The lowest BCUT2D eigenvalue weighted by Crippen LogP contribution is -2.24. The molecule has 1 atom stereocenters. The first-order chi connectivity index (χ1) is 10.7. The fourth-order valence-electron chi connectivity index (χ4n) is 2.77. The molecule has 1 aromatic heterocycles. The number of carbonyl (C=O) groups excluding carboxylic acids is 1. The number of amides is 1. The van der Waals surface area contributed by atoms with Crippen LogP contribution in [-0.2, 0) is 24.2 Å². The summed E-state index contributed by atoms with van der Waals surface area (Å²) in [6.45, 7) is 5.42. The van der Waals surface area contributed by atoms with Gasteiger partial charge in [0.2, 0.25) is 11.8 Å². The molecule has 116 valence electrons. The minimum absolute atomic E-state index is 0.0233. The highest BCUT2D eigenvalue weighted by Gasteiger charge is 2.34. The molecule has 1 aromatic carbocycles. The zero-order chi connectivity index (χ0) is 15.5. The summed E-state index contributed by atoms with van der Waals surface area (Å²) in [5.74, 6) is 1.47. The van der Waals surface area contributed by atoms with E-state index in [4.69, 9.17) is 4.52 Å². The molecule has 5 heteroatoms. The molecule has 3 rings (SSSR count). The molecular weight excluding hydrogens is 278 g/mol. The van der Waals surface area contributed by atoms with Crippen LogP contribution in [0.15, 0.2) is 28.8 Å². The van der Waals surface area contributed by atoms with E-state index in [1.54, 1.807) is 0 Å². The van der Waals surface area contributed by atoms with Crippen molar-refractivity contribution in [3.63, 3.8) is 0 Å². The van der Waals surface area contributed by atoms with Gasteiger partial charge in [-0.25, -0.2) is 0 Å². The molecule has 1 aliphatic rings. The minimum Gasteiger partial charge on any atom is -0.339 e. The SMILES string of the molecule is CCc1ccc(CN2CC(c3nc(CC)no3)CC2=O)cc1. The lowest BCUT2D eigenvalue weighted by atomic mass is 10.1. The van der Waals surface area contributed by atoms with Crippen LogP contribution in [0.1, 0.15) is 49.0 Å². The van der Waals surface area contributed by atoms with E-state index < -0.39 is 0 Å². The molecule has 1 unspecified atom stereocenters. The molecule has 2 heterocycles. The molecule has 0 spiro atoms. The Balaban J connectivity index is 1.66. The van der Waals surface area contributed by atoms with Crippen LogP contribution < -0.4 is 0 Å². The zero-order valence-corrected chi connectivity index (χ0v) is 13.1. The van der Waals surface area contributed by atoms with Gasteiger partial charge in [0.05, 0.1) is 5.92 Å². The molecule has 1 aliphatic heterocycles. The van der Waals surface area contributed by atoms with Gasteiger partial charge >= 0.3 is 0 Å². The number of likely N-dealkylation sites (tertiary alicyclic amines) is 1. The number of aromatic nitrogens is 2. The van der Waals surface area contributed by atoms with Crippen molar-refractivity contribution in [1.82, 2.24) is 15.0 Å². The summed E-state index contributed by atoms with van der Waals surface area (Å²) in [6.07, 6.45) is 2.23. The Morgan fingerprint density at radius 1 is 1.18 bits per heavy atom. The summed E-state index contributed by atoms with van der Waals surface area (Å²) in [5.41, 5.74) is 2.47. The number of aryl methyl sites for hydroxylation is 2. The number of hydrogen-bond donors (Lipinski definition) is 0. The standard InChI is InChI=1S/C17H21N3O2/c1-3-12-5-7-13(8-6-12)10-20-11-14(9-16(20)21)17-18-15(4-2)19-22-17/h5-8,14H,3-4,9-11H2,1-2H3. The number of rotatable bonds is 5. The van der Waals surface area contributed by atoms with Crippen LogP contribution in [0.4, 0.5) is 0 Å². The fraction of sp³-hybridized carbons (Fsp3) is 0.471. The second-order valence-electron chi connectivity index (χ2n) is 5.75. The van der Waals surface area contributed by atoms with Gasteiger partial charge in [0, 0.05) is 25.9 Å². The normalized spacial score (nSPS) is 18.2. The summed E-state index contributed by atoms with van der Waals surface area (Å²) in [6, 6.07) is 8.44. The maximum Gasteiger partial charge on any atom is 0.232 e. The van der Waals surface area contributed by atoms with Gasteiger partial charge in [0.1, 0.15) is 0 Å². The predicted octanol–water partition coefficient (Wildman–Crippen LogP) is 2.71. The highest BCUT2D eigenvalue weighted by Crippen LogP contribution is 2.28. The summed E-state index contributed by atoms with van der Waals surface area (Å²) >= 11 is 0. The summed E-state index contributed by atoms with van der Waals surface area (Å²) in [5, 5.41) is 3.92. The lowest BCUT2D eigenvalue weighted by molar-refractivity contribution is -0.128. The fourth-order valence-corrected chi connectivity index (χ4v) is 2.77. The van der Waals surface area contributed by atoms with E-state index in [9.17, 15) is 4.79 Å². The maximum absolute atomic E-state index is 12.2.